The van der Waals surface area contributed by atoms with Crippen LogP contribution in [0.3, 0.4) is 0 Å². The molecule has 2 rings (SSSR count). The smallest absolute Gasteiger partial charge is 0.157 e. The largest absolute Gasteiger partial charge is 1.00 e. The first kappa shape index (κ1) is 20.1. The quantitative estimate of drug-likeness (QED) is 0.591. The molecule has 1 N–H and O–H groups in total. The Morgan fingerprint density at radius 2 is 1.57 bits per heavy atom. The number of nitrogens with zero attached hydrogens (tertiary/aromatic N) is 1. The number of halogens is 1. The molecule has 0 amide bonds. The third-order valence-corrected chi connectivity index (χ3v) is 4.51. The maximum Gasteiger partial charge on any atom is 0.157 e. The first-order valence-electron chi connectivity index (χ1n) is 9.19. The molecule has 1 aromatic carbocycles. The lowest BCUT2D eigenvalue weighted by atomic mass is 10.1. The highest BCUT2D eigenvalue weighted by atomic mass is 35.5. The van der Waals surface area contributed by atoms with Crippen LogP contribution in [0.2, 0.25) is 0 Å². The van der Waals surface area contributed by atoms with Crippen molar-refractivity contribution in [3.05, 3.63) is 48.3 Å². The highest BCUT2D eigenvalue weighted by Crippen LogP contribution is 2.08. The molecule has 0 radical (unpaired) electrons. The van der Waals surface area contributed by atoms with Crippen molar-refractivity contribution in [1.29, 1.82) is 0 Å². The summed E-state index contributed by atoms with van der Waals surface area (Å²) in [5.41, 5.74) is 1.40. The number of rotatable bonds is 11. The van der Waals surface area contributed by atoms with Gasteiger partial charge in [0, 0.05) is 6.54 Å². The van der Waals surface area contributed by atoms with Crippen LogP contribution in [0, 0.1) is 0 Å². The topological polar surface area (TPSA) is 7.68 Å². The predicted molar refractivity (Wildman–Crippen MR) is 94.4 cm³/mol. The molecule has 0 saturated carbocycles. The molecule has 0 aromatic heterocycles. The van der Waals surface area contributed by atoms with Crippen molar-refractivity contribution in [3.8, 4) is 0 Å². The fraction of sp³-hybridized carbons (Fsp3) is 0.600. The molecule has 1 aromatic rings. The minimum Gasteiger partial charge on any atom is -1.00 e. The van der Waals surface area contributed by atoms with Gasteiger partial charge in [-0.15, -0.1) is 0 Å². The van der Waals surface area contributed by atoms with E-state index in [0.717, 1.165) is 13.2 Å². The summed E-state index contributed by atoms with van der Waals surface area (Å²) in [6, 6.07) is 10.8. The van der Waals surface area contributed by atoms with Gasteiger partial charge in [-0.2, -0.15) is 0 Å². The van der Waals surface area contributed by atoms with Crippen molar-refractivity contribution in [2.75, 3.05) is 13.2 Å². The molecule has 0 saturated heterocycles. The highest BCUT2D eigenvalue weighted by molar-refractivity contribution is 5.14. The van der Waals surface area contributed by atoms with Crippen molar-refractivity contribution in [1.82, 2.24) is 4.90 Å². The van der Waals surface area contributed by atoms with Crippen LogP contribution < -0.4 is 17.3 Å². The second kappa shape index (κ2) is 12.4. The molecule has 2 nitrogen and oxygen atoms in total. The second-order valence-corrected chi connectivity index (χ2v) is 6.59. The van der Waals surface area contributed by atoms with Crippen LogP contribution in [-0.2, 0) is 6.54 Å². The van der Waals surface area contributed by atoms with E-state index in [2.05, 4.69) is 54.6 Å². The summed E-state index contributed by atoms with van der Waals surface area (Å²) in [6.07, 6.45) is 15.9. The minimum absolute atomic E-state index is 0. The number of quaternary nitrogens is 1. The Morgan fingerprint density at radius 1 is 0.913 bits per heavy atom. The fourth-order valence-corrected chi connectivity index (χ4v) is 3.15. The molecule has 0 spiro atoms. The average molecular weight is 337 g/mol. The summed E-state index contributed by atoms with van der Waals surface area (Å²) in [7, 11) is 0. The van der Waals surface area contributed by atoms with E-state index in [1.807, 2.05) is 0 Å². The lowest BCUT2D eigenvalue weighted by Crippen LogP contribution is -3.07. The second-order valence-electron chi connectivity index (χ2n) is 6.59. The van der Waals surface area contributed by atoms with Crippen LogP contribution in [0.25, 0.3) is 0 Å². The Labute approximate surface area is 149 Å². The Balaban J connectivity index is 0.00000264. The summed E-state index contributed by atoms with van der Waals surface area (Å²) in [5, 5.41) is 0. The molecular formula is C20H33ClN2. The molecule has 1 atom stereocenters. The Hall–Kier alpha value is -0.990. The van der Waals surface area contributed by atoms with Crippen LogP contribution in [0.1, 0.15) is 63.9 Å². The van der Waals surface area contributed by atoms with Gasteiger partial charge < -0.3 is 17.3 Å². The first-order chi connectivity index (χ1) is 10.9. The number of hydrogen-bond donors (Lipinski definition) is 1. The lowest BCUT2D eigenvalue weighted by molar-refractivity contribution is -0.849. The molecule has 0 fully saturated rings. The van der Waals surface area contributed by atoms with E-state index in [1.54, 1.807) is 4.90 Å². The van der Waals surface area contributed by atoms with Gasteiger partial charge in [0.1, 0.15) is 6.20 Å². The Bertz CT molecular complexity index is 419. The van der Waals surface area contributed by atoms with Crippen molar-refractivity contribution in [3.63, 3.8) is 0 Å². The molecule has 0 bridgehead atoms. The van der Waals surface area contributed by atoms with Crippen molar-refractivity contribution in [2.45, 2.75) is 64.8 Å². The number of hydrogen-bond acceptors (Lipinski definition) is 1. The third kappa shape index (κ3) is 8.43. The normalized spacial score (nSPS) is 16.6. The maximum absolute atomic E-state index is 2.43. The van der Waals surface area contributed by atoms with Crippen LogP contribution in [0.4, 0.5) is 0 Å². The zero-order chi connectivity index (χ0) is 15.5. The maximum atomic E-state index is 2.43. The van der Waals surface area contributed by atoms with E-state index < -0.39 is 0 Å². The van der Waals surface area contributed by atoms with E-state index >= 15 is 0 Å². The van der Waals surface area contributed by atoms with Gasteiger partial charge in [-0.25, -0.2) is 0 Å². The van der Waals surface area contributed by atoms with Gasteiger partial charge in [-0.3, -0.25) is 4.90 Å². The van der Waals surface area contributed by atoms with Gasteiger partial charge in [-0.05, 0) is 18.4 Å². The zero-order valence-electron chi connectivity index (χ0n) is 14.6. The summed E-state index contributed by atoms with van der Waals surface area (Å²) < 4.78 is 0. The SMILES string of the molecule is CCCCCCCCCC[NH+]1C=CN(Cc2ccccc2)C1.[Cl-]. The highest BCUT2D eigenvalue weighted by Gasteiger charge is 2.16. The van der Waals surface area contributed by atoms with E-state index in [0.29, 0.717) is 0 Å². The number of benzene rings is 1. The summed E-state index contributed by atoms with van der Waals surface area (Å²) >= 11 is 0. The van der Waals surface area contributed by atoms with Gasteiger partial charge in [0.05, 0.1) is 12.7 Å². The molecule has 23 heavy (non-hydrogen) atoms. The minimum atomic E-state index is 0. The third-order valence-electron chi connectivity index (χ3n) is 4.51. The molecule has 1 aliphatic heterocycles. The number of nitrogens with one attached hydrogen (secondary N) is 1. The molecule has 3 heteroatoms. The van der Waals surface area contributed by atoms with Crippen LogP contribution in [0.5, 0.6) is 0 Å². The van der Waals surface area contributed by atoms with Gasteiger partial charge in [-0.1, -0.05) is 75.8 Å². The van der Waals surface area contributed by atoms with Gasteiger partial charge >= 0.3 is 0 Å². The van der Waals surface area contributed by atoms with Crippen molar-refractivity contribution < 1.29 is 17.3 Å². The van der Waals surface area contributed by atoms with Crippen LogP contribution >= 0.6 is 0 Å². The number of unbranched alkanes of at least 4 members (excludes halogenated alkanes) is 7. The van der Waals surface area contributed by atoms with Crippen molar-refractivity contribution in [2.24, 2.45) is 0 Å². The van der Waals surface area contributed by atoms with E-state index in [9.17, 15) is 0 Å². The monoisotopic (exact) mass is 336 g/mol. The fourth-order valence-electron chi connectivity index (χ4n) is 3.15. The van der Waals surface area contributed by atoms with Crippen LogP contribution in [0.15, 0.2) is 42.7 Å². The van der Waals surface area contributed by atoms with E-state index in [4.69, 9.17) is 0 Å². The summed E-state index contributed by atoms with van der Waals surface area (Å²) in [6.45, 7) is 5.74. The zero-order valence-corrected chi connectivity index (χ0v) is 15.4. The molecule has 1 heterocycles. The van der Waals surface area contributed by atoms with E-state index in [-0.39, 0.29) is 12.4 Å². The first-order valence-corrected chi connectivity index (χ1v) is 9.19. The van der Waals surface area contributed by atoms with Gasteiger partial charge in [0.2, 0.25) is 0 Å². The summed E-state index contributed by atoms with van der Waals surface area (Å²) in [4.78, 5) is 4.04. The molecule has 1 aliphatic rings. The average Bonchev–Trinajstić information content (AvgIpc) is 2.98. The van der Waals surface area contributed by atoms with Crippen molar-refractivity contribution >= 4 is 0 Å². The Morgan fingerprint density at radius 3 is 2.26 bits per heavy atom. The van der Waals surface area contributed by atoms with Gasteiger partial charge in [0.15, 0.2) is 6.67 Å². The predicted octanol–water partition coefficient (Wildman–Crippen LogP) is 0.961. The molecule has 0 aliphatic carbocycles. The van der Waals surface area contributed by atoms with Gasteiger partial charge in [0.25, 0.3) is 0 Å². The molecule has 130 valence electrons. The van der Waals surface area contributed by atoms with Crippen LogP contribution in [-0.4, -0.2) is 18.1 Å². The molecule has 1 unspecified atom stereocenters. The molecular weight excluding hydrogens is 304 g/mol. The summed E-state index contributed by atoms with van der Waals surface area (Å²) in [5.74, 6) is 0. The standard InChI is InChI=1S/C20H32N2.ClH/c1-2-3-4-5-6-7-8-12-15-21-16-17-22(19-21)18-20-13-10-9-11-14-20;/h9-11,13-14,16-17H,2-8,12,15,18-19H2,1H3;1H. The Kier molecular flexibility index (Phi) is 10.8. The van der Waals surface area contributed by atoms with E-state index in [1.165, 1.54) is 63.5 Å². The lowest BCUT2D eigenvalue weighted by Gasteiger charge is -2.17.